The first-order valence-electron chi connectivity index (χ1n) is 4.27. The van der Waals surface area contributed by atoms with Gasteiger partial charge in [0.15, 0.2) is 0 Å². The largest absolute Gasteiger partial charge is 1.00 e. The van der Waals surface area contributed by atoms with E-state index in [4.69, 9.17) is 0 Å². The minimum absolute atomic E-state index is 0. The molecular weight excluding hydrogens is 228 g/mol. The van der Waals surface area contributed by atoms with Crippen molar-refractivity contribution in [1.82, 2.24) is 4.98 Å². The first kappa shape index (κ1) is 12.6. The van der Waals surface area contributed by atoms with Crippen LogP contribution in [0.2, 0.25) is 0 Å². The molecule has 1 aromatic rings. The van der Waals surface area contributed by atoms with Crippen LogP contribution in [0, 0.1) is 0 Å². The summed E-state index contributed by atoms with van der Waals surface area (Å²) in [6.07, 6.45) is 4.86. The second kappa shape index (κ2) is 5.35. The quantitative estimate of drug-likeness (QED) is 0.581. The Labute approximate surface area is 91.0 Å². The summed E-state index contributed by atoms with van der Waals surface area (Å²) in [6.45, 7) is 1.16. The third kappa shape index (κ3) is 5.77. The number of halogens is 1. The molecule has 0 atom stereocenters. The average molecular weight is 245 g/mol. The van der Waals surface area contributed by atoms with E-state index < -0.39 is 0 Å². The van der Waals surface area contributed by atoms with Crippen LogP contribution < -0.4 is 17.0 Å². The highest BCUT2D eigenvalue weighted by Gasteiger charge is 2.06. The van der Waals surface area contributed by atoms with E-state index in [9.17, 15) is 0 Å². The SMILES string of the molecule is C[N+](C)(C)CCc1cccnc1.[Br-]. The lowest BCUT2D eigenvalue weighted by atomic mass is 10.2. The van der Waals surface area contributed by atoms with Crippen molar-refractivity contribution in [2.75, 3.05) is 27.7 Å². The fraction of sp³-hybridized carbons (Fsp3) is 0.500. The molecule has 0 aromatic carbocycles. The fourth-order valence-electron chi connectivity index (χ4n) is 1.01. The van der Waals surface area contributed by atoms with Gasteiger partial charge >= 0.3 is 0 Å². The van der Waals surface area contributed by atoms with Gasteiger partial charge in [0.2, 0.25) is 0 Å². The van der Waals surface area contributed by atoms with E-state index in [1.54, 1.807) is 0 Å². The number of quaternary nitrogens is 1. The first-order chi connectivity index (χ1) is 5.58. The Morgan fingerprint density at radius 3 is 2.46 bits per heavy atom. The lowest BCUT2D eigenvalue weighted by Crippen LogP contribution is -3.00. The Bertz CT molecular complexity index is 228. The third-order valence-electron chi connectivity index (χ3n) is 1.79. The van der Waals surface area contributed by atoms with Crippen molar-refractivity contribution in [3.8, 4) is 0 Å². The first-order valence-corrected chi connectivity index (χ1v) is 4.27. The molecule has 0 spiro atoms. The van der Waals surface area contributed by atoms with Gasteiger partial charge in [-0.05, 0) is 11.6 Å². The summed E-state index contributed by atoms with van der Waals surface area (Å²) in [7, 11) is 6.61. The van der Waals surface area contributed by atoms with Crippen molar-refractivity contribution in [3.63, 3.8) is 0 Å². The van der Waals surface area contributed by atoms with Gasteiger partial charge in [-0.2, -0.15) is 0 Å². The predicted octanol–water partition coefficient (Wildman–Crippen LogP) is -1.67. The van der Waals surface area contributed by atoms with E-state index in [1.165, 1.54) is 5.56 Å². The van der Waals surface area contributed by atoms with E-state index in [0.29, 0.717) is 0 Å². The summed E-state index contributed by atoms with van der Waals surface area (Å²) in [5.41, 5.74) is 1.32. The minimum Gasteiger partial charge on any atom is -1.00 e. The van der Waals surface area contributed by atoms with Crippen LogP contribution in [0.1, 0.15) is 5.56 Å². The van der Waals surface area contributed by atoms with Gasteiger partial charge in [-0.15, -0.1) is 0 Å². The molecule has 0 amide bonds. The molecular formula is C10H17BrN2. The van der Waals surface area contributed by atoms with Crippen LogP contribution in [-0.2, 0) is 6.42 Å². The van der Waals surface area contributed by atoms with Crippen LogP contribution in [0.15, 0.2) is 24.5 Å². The topological polar surface area (TPSA) is 12.9 Å². The molecule has 0 aliphatic heterocycles. The normalized spacial score (nSPS) is 10.7. The van der Waals surface area contributed by atoms with Crippen LogP contribution in [-0.4, -0.2) is 37.2 Å². The number of hydrogen-bond acceptors (Lipinski definition) is 1. The lowest BCUT2D eigenvalue weighted by molar-refractivity contribution is -0.870. The molecule has 0 radical (unpaired) electrons. The van der Waals surface area contributed by atoms with Crippen LogP contribution in [0.25, 0.3) is 0 Å². The number of pyridine rings is 1. The van der Waals surface area contributed by atoms with Crippen molar-refractivity contribution in [1.29, 1.82) is 0 Å². The summed E-state index contributed by atoms with van der Waals surface area (Å²) in [5, 5.41) is 0. The average Bonchev–Trinajstić information content (AvgIpc) is 2.02. The van der Waals surface area contributed by atoms with Crippen molar-refractivity contribution in [2.24, 2.45) is 0 Å². The molecule has 0 bridgehead atoms. The molecule has 0 unspecified atom stereocenters. The van der Waals surface area contributed by atoms with Crippen molar-refractivity contribution in [2.45, 2.75) is 6.42 Å². The van der Waals surface area contributed by atoms with E-state index in [-0.39, 0.29) is 17.0 Å². The van der Waals surface area contributed by atoms with Crippen molar-refractivity contribution >= 4 is 0 Å². The maximum absolute atomic E-state index is 4.08. The maximum Gasteiger partial charge on any atom is 0.0822 e. The summed E-state index contributed by atoms with van der Waals surface area (Å²) in [5.74, 6) is 0. The standard InChI is InChI=1S/C10H17N2.BrH/c1-12(2,3)8-6-10-5-4-7-11-9-10;/h4-5,7,9H,6,8H2,1-3H3;1H/q+1;/p-1. The predicted molar refractivity (Wildman–Crippen MR) is 50.8 cm³/mol. The number of rotatable bonds is 3. The molecule has 0 N–H and O–H groups in total. The molecule has 1 heterocycles. The highest BCUT2D eigenvalue weighted by Crippen LogP contribution is 2.00. The Kier molecular flexibility index (Phi) is 5.18. The van der Waals surface area contributed by atoms with Crippen LogP contribution in [0.4, 0.5) is 0 Å². The molecule has 0 aliphatic carbocycles. The molecule has 1 rings (SSSR count). The third-order valence-corrected chi connectivity index (χ3v) is 1.79. The summed E-state index contributed by atoms with van der Waals surface area (Å²) >= 11 is 0. The van der Waals surface area contributed by atoms with Gasteiger partial charge in [0, 0.05) is 18.8 Å². The van der Waals surface area contributed by atoms with E-state index in [2.05, 4.69) is 32.2 Å². The van der Waals surface area contributed by atoms with Crippen LogP contribution in [0.5, 0.6) is 0 Å². The van der Waals surface area contributed by atoms with Crippen LogP contribution in [0.3, 0.4) is 0 Å². The van der Waals surface area contributed by atoms with Gasteiger partial charge < -0.3 is 21.5 Å². The van der Waals surface area contributed by atoms with E-state index >= 15 is 0 Å². The molecule has 13 heavy (non-hydrogen) atoms. The molecule has 0 saturated heterocycles. The number of aromatic nitrogens is 1. The van der Waals surface area contributed by atoms with Gasteiger partial charge in [-0.25, -0.2) is 0 Å². The second-order valence-electron chi connectivity index (χ2n) is 4.13. The lowest BCUT2D eigenvalue weighted by Gasteiger charge is -2.23. The zero-order valence-corrected chi connectivity index (χ0v) is 10.1. The van der Waals surface area contributed by atoms with Gasteiger partial charge in [0.1, 0.15) is 0 Å². The summed E-state index contributed by atoms with van der Waals surface area (Å²) in [4.78, 5) is 4.08. The summed E-state index contributed by atoms with van der Waals surface area (Å²) in [6, 6.07) is 4.12. The highest BCUT2D eigenvalue weighted by molar-refractivity contribution is 5.08. The van der Waals surface area contributed by atoms with Gasteiger partial charge in [0.25, 0.3) is 0 Å². The number of hydrogen-bond donors (Lipinski definition) is 0. The van der Waals surface area contributed by atoms with Crippen molar-refractivity contribution < 1.29 is 21.5 Å². The highest BCUT2D eigenvalue weighted by atomic mass is 79.9. The molecule has 1 aromatic heterocycles. The van der Waals surface area contributed by atoms with E-state index in [0.717, 1.165) is 17.4 Å². The Morgan fingerprint density at radius 2 is 2.00 bits per heavy atom. The maximum atomic E-state index is 4.08. The summed E-state index contributed by atoms with van der Waals surface area (Å²) < 4.78 is 1.01. The molecule has 3 heteroatoms. The fourth-order valence-corrected chi connectivity index (χ4v) is 1.01. The molecule has 74 valence electrons. The van der Waals surface area contributed by atoms with E-state index in [1.807, 2.05) is 18.5 Å². The zero-order chi connectivity index (χ0) is 9.03. The molecule has 0 fully saturated rings. The monoisotopic (exact) mass is 244 g/mol. The van der Waals surface area contributed by atoms with Gasteiger partial charge in [0.05, 0.1) is 27.7 Å². The van der Waals surface area contributed by atoms with Gasteiger partial charge in [-0.3, -0.25) is 4.98 Å². The smallest absolute Gasteiger partial charge is 0.0822 e. The second-order valence-corrected chi connectivity index (χ2v) is 4.13. The Morgan fingerprint density at radius 1 is 1.31 bits per heavy atom. The Hall–Kier alpha value is -0.410. The number of likely N-dealkylation sites (N-methyl/N-ethyl adjacent to an activating group) is 1. The molecule has 2 nitrogen and oxygen atoms in total. The van der Waals surface area contributed by atoms with Crippen LogP contribution >= 0.6 is 0 Å². The molecule has 0 aliphatic rings. The number of nitrogens with zero attached hydrogens (tertiary/aromatic N) is 2. The van der Waals surface area contributed by atoms with Gasteiger partial charge in [-0.1, -0.05) is 6.07 Å². The minimum atomic E-state index is 0. The molecule has 0 saturated carbocycles. The Balaban J connectivity index is 0.00000144. The zero-order valence-electron chi connectivity index (χ0n) is 8.50. The van der Waals surface area contributed by atoms with Crippen molar-refractivity contribution in [3.05, 3.63) is 30.1 Å².